The maximum absolute atomic E-state index is 12.5. The lowest BCUT2D eigenvalue weighted by molar-refractivity contribution is 0.0682. The fourth-order valence-corrected chi connectivity index (χ4v) is 3.41. The van der Waals surface area contributed by atoms with Gasteiger partial charge in [0, 0.05) is 37.3 Å². The molecule has 1 atom stereocenters. The van der Waals surface area contributed by atoms with Crippen LogP contribution in [-0.4, -0.2) is 47.8 Å². The quantitative estimate of drug-likeness (QED) is 0.842. The average Bonchev–Trinajstić information content (AvgIpc) is 3.08. The highest BCUT2D eigenvalue weighted by atomic mass is 16.2. The fourth-order valence-electron chi connectivity index (χ4n) is 3.41. The van der Waals surface area contributed by atoms with E-state index in [4.69, 9.17) is 0 Å². The second-order valence-electron chi connectivity index (χ2n) is 6.58. The van der Waals surface area contributed by atoms with Gasteiger partial charge in [-0.3, -0.25) is 9.59 Å². The van der Waals surface area contributed by atoms with Crippen LogP contribution >= 0.6 is 0 Å². The first kappa shape index (κ1) is 15.1. The molecule has 0 aliphatic carbocycles. The summed E-state index contributed by atoms with van der Waals surface area (Å²) in [6.45, 7) is 5.58. The van der Waals surface area contributed by atoms with Crippen LogP contribution in [0.25, 0.3) is 0 Å². The van der Waals surface area contributed by atoms with Gasteiger partial charge < -0.3 is 9.80 Å². The SMILES string of the molecule is CC1CCCN(C(=O)c2ccc(C(=O)N3CCCC3)cc2)C1. The first-order chi connectivity index (χ1) is 10.6. The summed E-state index contributed by atoms with van der Waals surface area (Å²) in [6, 6.07) is 7.18. The smallest absolute Gasteiger partial charge is 0.253 e. The molecule has 2 aliphatic rings. The Balaban J connectivity index is 1.68. The Morgan fingerprint density at radius 2 is 1.36 bits per heavy atom. The van der Waals surface area contributed by atoms with Gasteiger partial charge in [0.2, 0.25) is 0 Å². The number of rotatable bonds is 2. The molecule has 4 nitrogen and oxygen atoms in total. The molecular formula is C18H24N2O2. The summed E-state index contributed by atoms with van der Waals surface area (Å²) in [4.78, 5) is 28.6. The van der Waals surface area contributed by atoms with Crippen molar-refractivity contribution in [2.24, 2.45) is 5.92 Å². The molecule has 3 rings (SSSR count). The lowest BCUT2D eigenvalue weighted by Gasteiger charge is -2.31. The summed E-state index contributed by atoms with van der Waals surface area (Å²) in [5, 5.41) is 0. The monoisotopic (exact) mass is 300 g/mol. The van der Waals surface area contributed by atoms with E-state index in [9.17, 15) is 9.59 Å². The van der Waals surface area contributed by atoms with E-state index in [2.05, 4.69) is 6.92 Å². The van der Waals surface area contributed by atoms with E-state index in [0.717, 1.165) is 45.4 Å². The highest BCUT2D eigenvalue weighted by Gasteiger charge is 2.23. The molecule has 2 amide bonds. The minimum atomic E-state index is 0.0862. The van der Waals surface area contributed by atoms with Crippen molar-refractivity contribution < 1.29 is 9.59 Å². The summed E-state index contributed by atoms with van der Waals surface area (Å²) in [5.74, 6) is 0.753. The number of piperidine rings is 1. The highest BCUT2D eigenvalue weighted by Crippen LogP contribution is 2.19. The molecule has 2 aliphatic heterocycles. The maximum atomic E-state index is 12.5. The Morgan fingerprint density at radius 1 is 0.864 bits per heavy atom. The van der Waals surface area contributed by atoms with Gasteiger partial charge >= 0.3 is 0 Å². The van der Waals surface area contributed by atoms with Crippen molar-refractivity contribution in [3.63, 3.8) is 0 Å². The van der Waals surface area contributed by atoms with Gasteiger partial charge in [-0.15, -0.1) is 0 Å². The van der Waals surface area contributed by atoms with Crippen molar-refractivity contribution in [3.8, 4) is 0 Å². The molecule has 0 radical (unpaired) electrons. The average molecular weight is 300 g/mol. The Morgan fingerprint density at radius 3 is 1.91 bits per heavy atom. The number of carbonyl (C=O) groups excluding carboxylic acids is 2. The minimum Gasteiger partial charge on any atom is -0.339 e. The molecule has 22 heavy (non-hydrogen) atoms. The van der Waals surface area contributed by atoms with Gasteiger partial charge in [0.15, 0.2) is 0 Å². The van der Waals surface area contributed by atoms with Gasteiger partial charge in [0.05, 0.1) is 0 Å². The van der Waals surface area contributed by atoms with Crippen LogP contribution in [0.4, 0.5) is 0 Å². The molecule has 1 aromatic rings. The van der Waals surface area contributed by atoms with Crippen molar-refractivity contribution in [1.29, 1.82) is 0 Å². The van der Waals surface area contributed by atoms with Gasteiger partial charge in [0.25, 0.3) is 11.8 Å². The molecule has 2 fully saturated rings. The highest BCUT2D eigenvalue weighted by molar-refractivity contribution is 5.98. The Labute approximate surface area is 132 Å². The molecule has 2 heterocycles. The lowest BCUT2D eigenvalue weighted by Crippen LogP contribution is -2.39. The van der Waals surface area contributed by atoms with Crippen LogP contribution in [0.15, 0.2) is 24.3 Å². The third kappa shape index (κ3) is 3.16. The summed E-state index contributed by atoms with van der Waals surface area (Å²) in [7, 11) is 0. The van der Waals surface area contributed by atoms with Crippen LogP contribution in [0.3, 0.4) is 0 Å². The third-order valence-corrected chi connectivity index (χ3v) is 4.72. The van der Waals surface area contributed by atoms with Crippen LogP contribution < -0.4 is 0 Å². The van der Waals surface area contributed by atoms with E-state index in [0.29, 0.717) is 17.0 Å². The van der Waals surface area contributed by atoms with Gasteiger partial charge in [-0.1, -0.05) is 6.92 Å². The van der Waals surface area contributed by atoms with E-state index in [1.54, 1.807) is 24.3 Å². The van der Waals surface area contributed by atoms with Crippen molar-refractivity contribution in [1.82, 2.24) is 9.80 Å². The molecule has 1 aromatic carbocycles. The van der Waals surface area contributed by atoms with Crippen LogP contribution in [-0.2, 0) is 0 Å². The number of likely N-dealkylation sites (tertiary alicyclic amines) is 2. The zero-order chi connectivity index (χ0) is 15.5. The molecule has 0 spiro atoms. The van der Waals surface area contributed by atoms with E-state index in [1.165, 1.54) is 6.42 Å². The number of hydrogen-bond donors (Lipinski definition) is 0. The first-order valence-corrected chi connectivity index (χ1v) is 8.34. The molecule has 118 valence electrons. The molecule has 0 N–H and O–H groups in total. The van der Waals surface area contributed by atoms with E-state index in [-0.39, 0.29) is 11.8 Å². The molecule has 0 saturated carbocycles. The predicted octanol–water partition coefficient (Wildman–Crippen LogP) is 2.79. The van der Waals surface area contributed by atoms with E-state index in [1.807, 2.05) is 9.80 Å². The molecule has 0 aromatic heterocycles. The summed E-state index contributed by atoms with van der Waals surface area (Å²) < 4.78 is 0. The summed E-state index contributed by atoms with van der Waals surface area (Å²) in [6.07, 6.45) is 4.47. The van der Waals surface area contributed by atoms with Crippen molar-refractivity contribution in [3.05, 3.63) is 35.4 Å². The molecule has 2 saturated heterocycles. The zero-order valence-corrected chi connectivity index (χ0v) is 13.3. The lowest BCUT2D eigenvalue weighted by atomic mass is 9.99. The maximum Gasteiger partial charge on any atom is 0.253 e. The van der Waals surface area contributed by atoms with Gasteiger partial charge in [-0.05, 0) is 55.9 Å². The Bertz CT molecular complexity index is 547. The van der Waals surface area contributed by atoms with Gasteiger partial charge in [-0.2, -0.15) is 0 Å². The van der Waals surface area contributed by atoms with E-state index >= 15 is 0 Å². The zero-order valence-electron chi connectivity index (χ0n) is 13.3. The van der Waals surface area contributed by atoms with Crippen LogP contribution in [0.2, 0.25) is 0 Å². The second kappa shape index (κ2) is 6.51. The molecular weight excluding hydrogens is 276 g/mol. The molecule has 0 bridgehead atoms. The van der Waals surface area contributed by atoms with Gasteiger partial charge in [-0.25, -0.2) is 0 Å². The normalized spacial score (nSPS) is 22.0. The Kier molecular flexibility index (Phi) is 4.46. The third-order valence-electron chi connectivity index (χ3n) is 4.72. The van der Waals surface area contributed by atoms with Crippen LogP contribution in [0.1, 0.15) is 53.3 Å². The first-order valence-electron chi connectivity index (χ1n) is 8.34. The van der Waals surface area contributed by atoms with Crippen LogP contribution in [0, 0.1) is 5.92 Å². The van der Waals surface area contributed by atoms with E-state index < -0.39 is 0 Å². The second-order valence-corrected chi connectivity index (χ2v) is 6.58. The summed E-state index contributed by atoms with van der Waals surface area (Å²) >= 11 is 0. The number of amides is 2. The van der Waals surface area contributed by atoms with Crippen LogP contribution in [0.5, 0.6) is 0 Å². The standard InChI is InChI=1S/C18H24N2O2/c1-14-5-4-12-20(13-14)18(22)16-8-6-15(7-9-16)17(21)19-10-2-3-11-19/h6-9,14H,2-5,10-13H2,1H3. The fraction of sp³-hybridized carbons (Fsp3) is 0.556. The number of hydrogen-bond acceptors (Lipinski definition) is 2. The predicted molar refractivity (Wildman–Crippen MR) is 85.9 cm³/mol. The number of benzene rings is 1. The Hall–Kier alpha value is -1.84. The minimum absolute atomic E-state index is 0.0862. The van der Waals surface area contributed by atoms with Crippen molar-refractivity contribution >= 4 is 11.8 Å². The largest absolute Gasteiger partial charge is 0.339 e. The van der Waals surface area contributed by atoms with Crippen molar-refractivity contribution in [2.75, 3.05) is 26.2 Å². The van der Waals surface area contributed by atoms with Crippen molar-refractivity contribution in [2.45, 2.75) is 32.6 Å². The van der Waals surface area contributed by atoms with Gasteiger partial charge in [0.1, 0.15) is 0 Å². The number of carbonyl (C=O) groups is 2. The summed E-state index contributed by atoms with van der Waals surface area (Å²) in [5.41, 5.74) is 1.37. The molecule has 4 heteroatoms. The number of nitrogens with zero attached hydrogens (tertiary/aromatic N) is 2. The molecule has 1 unspecified atom stereocenters. The topological polar surface area (TPSA) is 40.6 Å².